The Kier molecular flexibility index (Phi) is 6.19. The standard InChI is InChI=1S/C23H23ClN2O2S/c1-25(16-17-6-2-4-8-19(17)26-12-14-28-15-13-26)22(27)11-10-21-23(24)18-7-3-5-9-20(18)29-21/h2-11H,12-16H2,1H3/b11-10+. The summed E-state index contributed by atoms with van der Waals surface area (Å²) in [6, 6.07) is 16.3. The van der Waals surface area contributed by atoms with E-state index in [1.807, 2.05) is 49.5 Å². The lowest BCUT2D eigenvalue weighted by Crippen LogP contribution is -2.37. The summed E-state index contributed by atoms with van der Waals surface area (Å²) in [6.45, 7) is 3.78. The number of thiophene rings is 1. The summed E-state index contributed by atoms with van der Waals surface area (Å²) in [6.07, 6.45) is 3.42. The Morgan fingerprint density at radius 3 is 2.69 bits per heavy atom. The first kappa shape index (κ1) is 20.0. The lowest BCUT2D eigenvalue weighted by atomic mass is 10.1. The van der Waals surface area contributed by atoms with Gasteiger partial charge in [-0.25, -0.2) is 0 Å². The van der Waals surface area contributed by atoms with Gasteiger partial charge in [-0.2, -0.15) is 0 Å². The highest BCUT2D eigenvalue weighted by Crippen LogP contribution is 2.36. The number of likely N-dealkylation sites (N-methyl/N-ethyl adjacent to an activating group) is 1. The molecule has 1 saturated heterocycles. The molecule has 1 fully saturated rings. The maximum Gasteiger partial charge on any atom is 0.246 e. The fourth-order valence-electron chi connectivity index (χ4n) is 3.51. The van der Waals surface area contributed by atoms with Crippen molar-refractivity contribution >= 4 is 50.7 Å². The van der Waals surface area contributed by atoms with Gasteiger partial charge in [-0.1, -0.05) is 48.0 Å². The molecule has 3 aromatic rings. The van der Waals surface area contributed by atoms with Gasteiger partial charge in [0.2, 0.25) is 5.91 Å². The highest BCUT2D eigenvalue weighted by Gasteiger charge is 2.16. The Morgan fingerprint density at radius 2 is 1.90 bits per heavy atom. The Bertz CT molecular complexity index is 1040. The number of benzene rings is 2. The predicted octanol–water partition coefficient (Wildman–Crippen LogP) is 5.06. The summed E-state index contributed by atoms with van der Waals surface area (Å²) in [5.41, 5.74) is 2.31. The minimum absolute atomic E-state index is 0.0460. The average molecular weight is 427 g/mol. The number of carbonyl (C=O) groups is 1. The maximum atomic E-state index is 12.7. The summed E-state index contributed by atoms with van der Waals surface area (Å²) in [5.74, 6) is -0.0460. The van der Waals surface area contributed by atoms with E-state index in [2.05, 4.69) is 17.0 Å². The van der Waals surface area contributed by atoms with Crippen molar-refractivity contribution in [3.63, 3.8) is 0 Å². The van der Waals surface area contributed by atoms with Crippen molar-refractivity contribution in [2.45, 2.75) is 6.54 Å². The number of amides is 1. The van der Waals surface area contributed by atoms with Crippen LogP contribution < -0.4 is 4.90 Å². The van der Waals surface area contributed by atoms with E-state index >= 15 is 0 Å². The van der Waals surface area contributed by atoms with Crippen molar-refractivity contribution in [2.24, 2.45) is 0 Å². The van der Waals surface area contributed by atoms with Crippen LogP contribution in [0.4, 0.5) is 5.69 Å². The molecular formula is C23H23ClN2O2S. The number of ether oxygens (including phenoxy) is 1. The normalized spacial score (nSPS) is 14.6. The van der Waals surface area contributed by atoms with Crippen LogP contribution in [-0.4, -0.2) is 44.2 Å². The lowest BCUT2D eigenvalue weighted by molar-refractivity contribution is -0.125. The number of carbonyl (C=O) groups excluding carboxylic acids is 1. The first-order valence-corrected chi connectivity index (χ1v) is 10.8. The molecule has 150 valence electrons. The molecule has 2 heterocycles. The number of hydrogen-bond acceptors (Lipinski definition) is 4. The second-order valence-corrected chi connectivity index (χ2v) is 8.49. The molecule has 1 aliphatic heterocycles. The van der Waals surface area contributed by atoms with Gasteiger partial charge in [0.05, 0.1) is 18.2 Å². The largest absolute Gasteiger partial charge is 0.378 e. The third kappa shape index (κ3) is 4.47. The molecule has 0 N–H and O–H groups in total. The molecule has 29 heavy (non-hydrogen) atoms. The van der Waals surface area contributed by atoms with Crippen molar-refractivity contribution in [2.75, 3.05) is 38.3 Å². The number of hydrogen-bond donors (Lipinski definition) is 0. The minimum Gasteiger partial charge on any atom is -0.378 e. The van der Waals surface area contributed by atoms with Gasteiger partial charge in [-0.3, -0.25) is 4.79 Å². The maximum absolute atomic E-state index is 12.7. The smallest absolute Gasteiger partial charge is 0.246 e. The van der Waals surface area contributed by atoms with Gasteiger partial charge < -0.3 is 14.5 Å². The van der Waals surface area contributed by atoms with Crippen LogP contribution in [0, 0.1) is 0 Å². The highest BCUT2D eigenvalue weighted by molar-refractivity contribution is 7.20. The van der Waals surface area contributed by atoms with Gasteiger partial charge in [-0.05, 0) is 23.8 Å². The number of para-hydroxylation sites is 1. The Hall–Kier alpha value is -2.34. The number of morpholine rings is 1. The Labute approximate surface area is 179 Å². The third-order valence-electron chi connectivity index (χ3n) is 5.06. The number of anilines is 1. The van der Waals surface area contributed by atoms with Crippen LogP contribution in [0.5, 0.6) is 0 Å². The average Bonchev–Trinajstić information content (AvgIpc) is 3.09. The summed E-state index contributed by atoms with van der Waals surface area (Å²) < 4.78 is 6.58. The van der Waals surface area contributed by atoms with Crippen LogP contribution in [0.25, 0.3) is 16.2 Å². The first-order chi connectivity index (χ1) is 14.1. The lowest BCUT2D eigenvalue weighted by Gasteiger charge is -2.31. The molecule has 0 atom stereocenters. The molecule has 4 rings (SSSR count). The monoisotopic (exact) mass is 426 g/mol. The van der Waals surface area contributed by atoms with E-state index in [1.54, 1.807) is 22.3 Å². The minimum atomic E-state index is -0.0460. The van der Waals surface area contributed by atoms with Crippen LogP contribution in [0.2, 0.25) is 5.02 Å². The van der Waals surface area contributed by atoms with Crippen LogP contribution in [-0.2, 0) is 16.1 Å². The van der Waals surface area contributed by atoms with Gasteiger partial charge in [0.1, 0.15) is 0 Å². The molecule has 2 aromatic carbocycles. The van der Waals surface area contributed by atoms with Gasteiger partial charge >= 0.3 is 0 Å². The topological polar surface area (TPSA) is 32.8 Å². The number of fused-ring (bicyclic) bond motifs is 1. The SMILES string of the molecule is CN(Cc1ccccc1N1CCOCC1)C(=O)/C=C/c1sc2ccccc2c1Cl. The molecular weight excluding hydrogens is 404 g/mol. The van der Waals surface area contributed by atoms with Crippen LogP contribution in [0.15, 0.2) is 54.6 Å². The fraction of sp³-hybridized carbons (Fsp3) is 0.261. The molecule has 0 radical (unpaired) electrons. The van der Waals surface area contributed by atoms with E-state index in [0.717, 1.165) is 46.8 Å². The molecule has 0 aliphatic carbocycles. The second kappa shape index (κ2) is 8.99. The molecule has 0 saturated carbocycles. The van der Waals surface area contributed by atoms with Gasteiger partial charge in [0, 0.05) is 53.4 Å². The van der Waals surface area contributed by atoms with E-state index in [0.29, 0.717) is 11.6 Å². The number of halogens is 1. The number of nitrogens with zero attached hydrogens (tertiary/aromatic N) is 2. The molecule has 0 bridgehead atoms. The van der Waals surface area contributed by atoms with Gasteiger partial charge in [0.15, 0.2) is 0 Å². The summed E-state index contributed by atoms with van der Waals surface area (Å²) in [5, 5.41) is 1.73. The molecule has 1 aliphatic rings. The molecule has 6 heteroatoms. The molecule has 4 nitrogen and oxygen atoms in total. The van der Waals surface area contributed by atoms with E-state index in [9.17, 15) is 4.79 Å². The predicted molar refractivity (Wildman–Crippen MR) is 122 cm³/mol. The zero-order valence-corrected chi connectivity index (χ0v) is 17.9. The van der Waals surface area contributed by atoms with Crippen LogP contribution in [0.1, 0.15) is 10.4 Å². The second-order valence-electron chi connectivity index (χ2n) is 7.03. The van der Waals surface area contributed by atoms with Crippen molar-refractivity contribution < 1.29 is 9.53 Å². The molecule has 1 amide bonds. The van der Waals surface area contributed by atoms with Crippen molar-refractivity contribution in [1.29, 1.82) is 0 Å². The number of rotatable bonds is 5. The van der Waals surface area contributed by atoms with E-state index in [1.165, 1.54) is 5.69 Å². The van der Waals surface area contributed by atoms with Crippen molar-refractivity contribution in [3.05, 3.63) is 70.1 Å². The first-order valence-electron chi connectivity index (χ1n) is 9.64. The van der Waals surface area contributed by atoms with Crippen molar-refractivity contribution in [3.8, 4) is 0 Å². The van der Waals surface area contributed by atoms with Crippen LogP contribution in [0.3, 0.4) is 0 Å². The third-order valence-corrected chi connectivity index (χ3v) is 6.72. The van der Waals surface area contributed by atoms with E-state index < -0.39 is 0 Å². The van der Waals surface area contributed by atoms with Crippen molar-refractivity contribution in [1.82, 2.24) is 4.90 Å². The highest BCUT2D eigenvalue weighted by atomic mass is 35.5. The zero-order chi connectivity index (χ0) is 20.2. The quantitative estimate of drug-likeness (QED) is 0.534. The summed E-state index contributed by atoms with van der Waals surface area (Å²) in [7, 11) is 1.83. The zero-order valence-electron chi connectivity index (χ0n) is 16.3. The van der Waals surface area contributed by atoms with Crippen LogP contribution >= 0.6 is 22.9 Å². The fourth-order valence-corrected chi connectivity index (χ4v) is 4.90. The van der Waals surface area contributed by atoms with Gasteiger partial charge in [-0.15, -0.1) is 11.3 Å². The molecule has 1 aromatic heterocycles. The Balaban J connectivity index is 1.47. The van der Waals surface area contributed by atoms with E-state index in [-0.39, 0.29) is 5.91 Å². The summed E-state index contributed by atoms with van der Waals surface area (Å²) in [4.78, 5) is 17.7. The summed E-state index contributed by atoms with van der Waals surface area (Å²) >= 11 is 8.07. The molecule has 0 spiro atoms. The van der Waals surface area contributed by atoms with E-state index in [4.69, 9.17) is 16.3 Å². The van der Waals surface area contributed by atoms with Gasteiger partial charge in [0.25, 0.3) is 0 Å². The molecule has 0 unspecified atom stereocenters. The Morgan fingerprint density at radius 1 is 1.17 bits per heavy atom.